The Hall–Kier alpha value is -2.71. The number of nitro benzene ring substituents is 1. The van der Waals surface area contributed by atoms with Crippen LogP contribution in [0.1, 0.15) is 21.7 Å². The Morgan fingerprint density at radius 1 is 1.17 bits per heavy atom. The van der Waals surface area contributed by atoms with Crippen molar-refractivity contribution in [2.24, 2.45) is 0 Å². The van der Waals surface area contributed by atoms with E-state index < -0.39 is 0 Å². The minimum atomic E-state index is -0.381. The topological polar surface area (TPSA) is 79.8 Å². The monoisotopic (exact) mass is 457 g/mol. The minimum Gasteiger partial charge on any atom is -0.451 e. The van der Waals surface area contributed by atoms with Crippen molar-refractivity contribution in [3.8, 4) is 0 Å². The molecule has 0 spiro atoms. The summed E-state index contributed by atoms with van der Waals surface area (Å²) in [6, 6.07) is 12.4. The van der Waals surface area contributed by atoms with Crippen molar-refractivity contribution in [1.82, 2.24) is 9.80 Å². The lowest BCUT2D eigenvalue weighted by Crippen LogP contribution is -2.48. The maximum absolute atomic E-state index is 13.0. The van der Waals surface area contributed by atoms with E-state index in [4.69, 9.17) is 4.42 Å². The van der Waals surface area contributed by atoms with E-state index in [-0.39, 0.29) is 16.5 Å². The van der Waals surface area contributed by atoms with Crippen molar-refractivity contribution in [3.63, 3.8) is 0 Å². The van der Waals surface area contributed by atoms with Crippen molar-refractivity contribution in [3.05, 3.63) is 73.9 Å². The number of rotatable bonds is 4. The second-order valence-electron chi connectivity index (χ2n) is 7.19. The van der Waals surface area contributed by atoms with Gasteiger partial charge in [0.2, 0.25) is 0 Å². The SMILES string of the molecule is Cc1c(C(=O)N2CCN(Cc3cccc([N+](=O)[O-])c3)CC2)oc2ccc(Br)cc12. The molecule has 0 radical (unpaired) electrons. The first kappa shape index (κ1) is 19.6. The summed E-state index contributed by atoms with van der Waals surface area (Å²) in [6.07, 6.45) is 0. The van der Waals surface area contributed by atoms with Gasteiger partial charge in [0.05, 0.1) is 4.92 Å². The van der Waals surface area contributed by atoms with E-state index in [1.54, 1.807) is 12.1 Å². The summed E-state index contributed by atoms with van der Waals surface area (Å²) in [5.41, 5.74) is 2.56. The van der Waals surface area contributed by atoms with Crippen molar-refractivity contribution in [2.75, 3.05) is 26.2 Å². The van der Waals surface area contributed by atoms with Crippen molar-refractivity contribution < 1.29 is 14.1 Å². The molecule has 29 heavy (non-hydrogen) atoms. The highest BCUT2D eigenvalue weighted by atomic mass is 79.9. The number of hydrogen-bond acceptors (Lipinski definition) is 5. The molecule has 1 fully saturated rings. The number of piperazine rings is 1. The predicted octanol–water partition coefficient (Wildman–Crippen LogP) is 4.37. The molecule has 1 aromatic heterocycles. The molecule has 0 saturated carbocycles. The number of carbonyl (C=O) groups is 1. The van der Waals surface area contributed by atoms with Gasteiger partial charge >= 0.3 is 0 Å². The number of furan rings is 1. The molecule has 1 saturated heterocycles. The van der Waals surface area contributed by atoms with Crippen molar-refractivity contribution >= 4 is 38.5 Å². The molecule has 8 heteroatoms. The van der Waals surface area contributed by atoms with Crippen LogP contribution in [-0.4, -0.2) is 46.8 Å². The minimum absolute atomic E-state index is 0.0928. The van der Waals surface area contributed by atoms with Crippen LogP contribution in [0.25, 0.3) is 11.0 Å². The Kier molecular flexibility index (Phi) is 5.38. The van der Waals surface area contributed by atoms with Crippen LogP contribution in [0.15, 0.2) is 51.4 Å². The molecule has 2 aromatic carbocycles. The van der Waals surface area contributed by atoms with Gasteiger partial charge in [0.15, 0.2) is 5.76 Å². The zero-order chi connectivity index (χ0) is 20.5. The first-order valence-electron chi connectivity index (χ1n) is 9.36. The molecular weight excluding hydrogens is 438 g/mol. The normalized spacial score (nSPS) is 15.0. The molecule has 0 aliphatic carbocycles. The van der Waals surface area contributed by atoms with Gasteiger partial charge in [-0.2, -0.15) is 0 Å². The Morgan fingerprint density at radius 3 is 2.66 bits per heavy atom. The first-order chi connectivity index (χ1) is 13.9. The summed E-state index contributed by atoms with van der Waals surface area (Å²) >= 11 is 3.46. The van der Waals surface area contributed by atoms with Crippen LogP contribution in [0.3, 0.4) is 0 Å². The molecule has 0 bridgehead atoms. The van der Waals surface area contributed by atoms with E-state index in [9.17, 15) is 14.9 Å². The largest absolute Gasteiger partial charge is 0.451 e. The maximum atomic E-state index is 13.0. The molecule has 1 aliphatic rings. The zero-order valence-corrected chi connectivity index (χ0v) is 17.5. The summed E-state index contributed by atoms with van der Waals surface area (Å²) < 4.78 is 6.78. The fourth-order valence-corrected chi connectivity index (χ4v) is 4.04. The van der Waals surface area contributed by atoms with Gasteiger partial charge in [-0.15, -0.1) is 0 Å². The van der Waals surface area contributed by atoms with E-state index in [1.165, 1.54) is 6.07 Å². The Morgan fingerprint density at radius 2 is 1.93 bits per heavy atom. The number of amides is 1. The van der Waals surface area contributed by atoms with Crippen LogP contribution in [0, 0.1) is 17.0 Å². The van der Waals surface area contributed by atoms with Gasteiger partial charge < -0.3 is 9.32 Å². The van der Waals surface area contributed by atoms with Crippen molar-refractivity contribution in [2.45, 2.75) is 13.5 Å². The van der Waals surface area contributed by atoms with Gasteiger partial charge in [0, 0.05) is 60.3 Å². The van der Waals surface area contributed by atoms with Crippen LogP contribution in [0.4, 0.5) is 5.69 Å². The Labute approximate surface area is 176 Å². The number of halogens is 1. The molecule has 4 rings (SSSR count). The van der Waals surface area contributed by atoms with Crippen LogP contribution >= 0.6 is 15.9 Å². The fraction of sp³-hybridized carbons (Fsp3) is 0.286. The average Bonchev–Trinajstić information content (AvgIpc) is 3.04. The summed E-state index contributed by atoms with van der Waals surface area (Å²) in [6.45, 7) is 5.13. The van der Waals surface area contributed by atoms with Gasteiger partial charge in [0.25, 0.3) is 11.6 Å². The molecular formula is C21H20BrN3O4. The average molecular weight is 458 g/mol. The van der Waals surface area contributed by atoms with Gasteiger partial charge in [-0.3, -0.25) is 19.8 Å². The highest BCUT2D eigenvalue weighted by Gasteiger charge is 2.27. The number of aryl methyl sites for hydroxylation is 1. The number of non-ortho nitro benzene ring substituents is 1. The van der Waals surface area contributed by atoms with E-state index in [1.807, 2.05) is 36.1 Å². The number of fused-ring (bicyclic) bond motifs is 1. The lowest BCUT2D eigenvalue weighted by atomic mass is 10.1. The molecule has 150 valence electrons. The van der Waals surface area contributed by atoms with Crippen LogP contribution < -0.4 is 0 Å². The maximum Gasteiger partial charge on any atom is 0.289 e. The highest BCUT2D eigenvalue weighted by Crippen LogP contribution is 2.29. The summed E-state index contributed by atoms with van der Waals surface area (Å²) in [5, 5.41) is 11.9. The van der Waals surface area contributed by atoms with Crippen LogP contribution in [0.5, 0.6) is 0 Å². The number of benzene rings is 2. The predicted molar refractivity (Wildman–Crippen MR) is 113 cm³/mol. The number of hydrogen-bond donors (Lipinski definition) is 0. The zero-order valence-electron chi connectivity index (χ0n) is 15.9. The van der Waals surface area contributed by atoms with E-state index in [2.05, 4.69) is 20.8 Å². The second-order valence-corrected chi connectivity index (χ2v) is 8.11. The van der Waals surface area contributed by atoms with Gasteiger partial charge in [-0.25, -0.2) is 0 Å². The quantitative estimate of drug-likeness (QED) is 0.429. The van der Waals surface area contributed by atoms with E-state index in [0.29, 0.717) is 44.1 Å². The van der Waals surface area contributed by atoms with E-state index >= 15 is 0 Å². The third kappa shape index (κ3) is 4.04. The molecule has 2 heterocycles. The molecule has 0 unspecified atom stereocenters. The summed E-state index contributed by atoms with van der Waals surface area (Å²) in [5.74, 6) is 0.301. The van der Waals surface area contributed by atoms with Gasteiger partial charge in [-0.05, 0) is 30.7 Å². The van der Waals surface area contributed by atoms with Crippen molar-refractivity contribution in [1.29, 1.82) is 0 Å². The Balaban J connectivity index is 1.42. The second kappa shape index (κ2) is 7.96. The lowest BCUT2D eigenvalue weighted by molar-refractivity contribution is -0.384. The van der Waals surface area contributed by atoms with Crippen LogP contribution in [0.2, 0.25) is 0 Å². The Bertz CT molecular complexity index is 1090. The van der Waals surface area contributed by atoms with Gasteiger partial charge in [0.1, 0.15) is 5.58 Å². The number of nitro groups is 1. The molecule has 1 amide bonds. The summed E-state index contributed by atoms with van der Waals surface area (Å²) in [4.78, 5) is 27.6. The first-order valence-corrected chi connectivity index (χ1v) is 10.2. The summed E-state index contributed by atoms with van der Waals surface area (Å²) in [7, 11) is 0. The molecule has 0 atom stereocenters. The van der Waals surface area contributed by atoms with Gasteiger partial charge in [-0.1, -0.05) is 28.1 Å². The lowest BCUT2D eigenvalue weighted by Gasteiger charge is -2.34. The standard InChI is InChI=1S/C21H20BrN3O4/c1-14-18-12-16(22)5-6-19(18)29-20(14)21(26)24-9-7-23(8-10-24)13-15-3-2-4-17(11-15)25(27)28/h2-6,11-12H,7-10,13H2,1H3. The van der Waals surface area contributed by atoms with E-state index in [0.717, 1.165) is 21.0 Å². The molecule has 3 aromatic rings. The third-order valence-corrected chi connectivity index (χ3v) is 5.77. The number of carbonyl (C=O) groups excluding carboxylic acids is 1. The smallest absolute Gasteiger partial charge is 0.289 e. The number of nitrogens with zero attached hydrogens (tertiary/aromatic N) is 3. The molecule has 1 aliphatic heterocycles. The molecule has 0 N–H and O–H groups in total. The highest BCUT2D eigenvalue weighted by molar-refractivity contribution is 9.10. The molecule has 7 nitrogen and oxygen atoms in total. The fourth-order valence-electron chi connectivity index (χ4n) is 3.68. The van der Waals surface area contributed by atoms with Crippen LogP contribution in [-0.2, 0) is 6.54 Å². The third-order valence-electron chi connectivity index (χ3n) is 5.28.